The van der Waals surface area contributed by atoms with Gasteiger partial charge in [-0.25, -0.2) is 0 Å². The van der Waals surface area contributed by atoms with E-state index in [1.807, 2.05) is 42.3 Å². The highest BCUT2D eigenvalue weighted by atomic mass is 16.1. The molecule has 0 bridgehead atoms. The molecular formula is C12H15NO. The molecule has 1 rings (SSSR count). The smallest absolute Gasteiger partial charge is 0.161 e. The molecule has 0 N–H and O–H groups in total. The number of para-hydroxylation sites is 1. The summed E-state index contributed by atoms with van der Waals surface area (Å²) in [4.78, 5) is 13.3. The molecule has 2 nitrogen and oxygen atoms in total. The number of Topliss-reactive ketones (excluding diaryl/α,β-unsaturated/α-hetero) is 1. The zero-order valence-corrected chi connectivity index (χ0v) is 8.66. The SMILES string of the molecule is C=CCN(C)c1ccccc1C(C)=O. The predicted molar refractivity (Wildman–Crippen MR) is 59.9 cm³/mol. The second-order valence-corrected chi connectivity index (χ2v) is 3.24. The first kappa shape index (κ1) is 10.5. The topological polar surface area (TPSA) is 20.3 Å². The normalized spacial score (nSPS) is 9.57. The Morgan fingerprint density at radius 2 is 2.14 bits per heavy atom. The molecule has 0 aliphatic carbocycles. The van der Waals surface area contributed by atoms with Gasteiger partial charge in [0.1, 0.15) is 0 Å². The number of benzene rings is 1. The Hall–Kier alpha value is -1.57. The summed E-state index contributed by atoms with van der Waals surface area (Å²) < 4.78 is 0. The van der Waals surface area contributed by atoms with Crippen LogP contribution in [0, 0.1) is 0 Å². The van der Waals surface area contributed by atoms with E-state index >= 15 is 0 Å². The van der Waals surface area contributed by atoms with Crippen LogP contribution < -0.4 is 4.90 Å². The van der Waals surface area contributed by atoms with E-state index in [0.29, 0.717) is 0 Å². The maximum Gasteiger partial charge on any atom is 0.161 e. The maximum absolute atomic E-state index is 11.3. The van der Waals surface area contributed by atoms with Crippen molar-refractivity contribution in [3.05, 3.63) is 42.5 Å². The molecule has 0 aliphatic rings. The van der Waals surface area contributed by atoms with Gasteiger partial charge in [0.15, 0.2) is 5.78 Å². The first-order chi connectivity index (χ1) is 6.66. The fourth-order valence-corrected chi connectivity index (χ4v) is 1.40. The molecule has 0 radical (unpaired) electrons. The van der Waals surface area contributed by atoms with Gasteiger partial charge in [0.25, 0.3) is 0 Å². The van der Waals surface area contributed by atoms with Crippen molar-refractivity contribution in [2.45, 2.75) is 6.92 Å². The van der Waals surface area contributed by atoms with Gasteiger partial charge in [-0.05, 0) is 19.1 Å². The number of carbonyl (C=O) groups excluding carboxylic acids is 1. The predicted octanol–water partition coefficient (Wildman–Crippen LogP) is 2.51. The van der Waals surface area contributed by atoms with Crippen LogP contribution in [-0.2, 0) is 0 Å². The molecule has 14 heavy (non-hydrogen) atoms. The molecule has 0 amide bonds. The minimum atomic E-state index is 0.0940. The van der Waals surface area contributed by atoms with Crippen LogP contribution in [0.5, 0.6) is 0 Å². The zero-order chi connectivity index (χ0) is 10.6. The molecule has 0 fully saturated rings. The van der Waals surface area contributed by atoms with E-state index < -0.39 is 0 Å². The Labute approximate surface area is 84.9 Å². The molecule has 0 aliphatic heterocycles. The third-order valence-corrected chi connectivity index (χ3v) is 2.10. The minimum Gasteiger partial charge on any atom is -0.370 e. The number of hydrogen-bond donors (Lipinski definition) is 0. The third-order valence-electron chi connectivity index (χ3n) is 2.10. The van der Waals surface area contributed by atoms with E-state index in [9.17, 15) is 4.79 Å². The summed E-state index contributed by atoms with van der Waals surface area (Å²) in [6.45, 7) is 6.00. The van der Waals surface area contributed by atoms with Crippen molar-refractivity contribution in [1.82, 2.24) is 0 Å². The number of carbonyl (C=O) groups is 1. The largest absolute Gasteiger partial charge is 0.370 e. The van der Waals surface area contributed by atoms with Gasteiger partial charge in [-0.2, -0.15) is 0 Å². The average molecular weight is 189 g/mol. The third kappa shape index (κ3) is 2.22. The van der Waals surface area contributed by atoms with Crippen molar-refractivity contribution < 1.29 is 4.79 Å². The van der Waals surface area contributed by atoms with Gasteiger partial charge in [-0.1, -0.05) is 18.2 Å². The first-order valence-corrected chi connectivity index (χ1v) is 4.59. The lowest BCUT2D eigenvalue weighted by Gasteiger charge is -2.19. The van der Waals surface area contributed by atoms with Gasteiger partial charge >= 0.3 is 0 Å². The molecule has 0 saturated carbocycles. The van der Waals surface area contributed by atoms with Gasteiger partial charge in [0, 0.05) is 24.8 Å². The van der Waals surface area contributed by atoms with Gasteiger partial charge in [-0.3, -0.25) is 4.79 Å². The Bertz CT molecular complexity index is 344. The minimum absolute atomic E-state index is 0.0940. The standard InChI is InChI=1S/C12H15NO/c1-4-9-13(3)12-8-6-5-7-11(12)10(2)14/h4-8H,1,9H2,2-3H3. The average Bonchev–Trinajstić information content (AvgIpc) is 2.18. The lowest BCUT2D eigenvalue weighted by molar-refractivity contribution is 0.101. The van der Waals surface area contributed by atoms with E-state index in [1.165, 1.54) is 0 Å². The molecule has 74 valence electrons. The second-order valence-electron chi connectivity index (χ2n) is 3.24. The molecule has 1 aromatic rings. The molecule has 0 saturated heterocycles. The van der Waals surface area contributed by atoms with Crippen molar-refractivity contribution >= 4 is 11.5 Å². The van der Waals surface area contributed by atoms with Gasteiger partial charge < -0.3 is 4.90 Å². The number of anilines is 1. The zero-order valence-electron chi connectivity index (χ0n) is 8.66. The van der Waals surface area contributed by atoms with Crippen LogP contribution in [0.2, 0.25) is 0 Å². The van der Waals surface area contributed by atoms with E-state index in [4.69, 9.17) is 0 Å². The van der Waals surface area contributed by atoms with Crippen LogP contribution >= 0.6 is 0 Å². The lowest BCUT2D eigenvalue weighted by Crippen LogP contribution is -2.19. The van der Waals surface area contributed by atoms with Crippen molar-refractivity contribution in [3.63, 3.8) is 0 Å². The molecular weight excluding hydrogens is 174 g/mol. The lowest BCUT2D eigenvalue weighted by atomic mass is 10.1. The van der Waals surface area contributed by atoms with Crippen LogP contribution in [0.4, 0.5) is 5.69 Å². The molecule has 0 aromatic heterocycles. The summed E-state index contributed by atoms with van der Waals surface area (Å²) >= 11 is 0. The van der Waals surface area contributed by atoms with Crippen molar-refractivity contribution in [1.29, 1.82) is 0 Å². The van der Waals surface area contributed by atoms with Crippen LogP contribution in [0.3, 0.4) is 0 Å². The summed E-state index contributed by atoms with van der Waals surface area (Å²) in [6.07, 6.45) is 1.82. The summed E-state index contributed by atoms with van der Waals surface area (Å²) in [5.41, 5.74) is 1.72. The fourth-order valence-electron chi connectivity index (χ4n) is 1.40. The van der Waals surface area contributed by atoms with Crippen LogP contribution in [0.15, 0.2) is 36.9 Å². The van der Waals surface area contributed by atoms with Crippen molar-refractivity contribution in [3.8, 4) is 0 Å². The van der Waals surface area contributed by atoms with E-state index in [1.54, 1.807) is 6.92 Å². The van der Waals surface area contributed by atoms with Crippen molar-refractivity contribution in [2.75, 3.05) is 18.5 Å². The fraction of sp³-hybridized carbons (Fsp3) is 0.250. The molecule has 0 unspecified atom stereocenters. The number of ketones is 1. The molecule has 2 heteroatoms. The number of likely N-dealkylation sites (N-methyl/N-ethyl adjacent to an activating group) is 1. The Kier molecular flexibility index (Phi) is 3.46. The highest BCUT2D eigenvalue weighted by Gasteiger charge is 2.08. The van der Waals surface area contributed by atoms with E-state index in [0.717, 1.165) is 17.8 Å². The number of nitrogens with zero attached hydrogens (tertiary/aromatic N) is 1. The Morgan fingerprint density at radius 3 is 2.71 bits per heavy atom. The highest BCUT2D eigenvalue weighted by molar-refractivity contribution is 5.99. The summed E-state index contributed by atoms with van der Waals surface area (Å²) in [7, 11) is 1.95. The summed E-state index contributed by atoms with van der Waals surface area (Å²) in [5.74, 6) is 0.0940. The van der Waals surface area contributed by atoms with Crippen molar-refractivity contribution in [2.24, 2.45) is 0 Å². The number of hydrogen-bond acceptors (Lipinski definition) is 2. The van der Waals surface area contributed by atoms with Gasteiger partial charge in [-0.15, -0.1) is 6.58 Å². The van der Waals surface area contributed by atoms with Gasteiger partial charge in [0.2, 0.25) is 0 Å². The molecule has 0 spiro atoms. The molecule has 0 atom stereocenters. The van der Waals surface area contributed by atoms with Gasteiger partial charge in [0.05, 0.1) is 0 Å². The first-order valence-electron chi connectivity index (χ1n) is 4.59. The molecule has 0 heterocycles. The van der Waals surface area contributed by atoms with E-state index in [-0.39, 0.29) is 5.78 Å². The highest BCUT2D eigenvalue weighted by Crippen LogP contribution is 2.19. The Morgan fingerprint density at radius 1 is 1.50 bits per heavy atom. The second kappa shape index (κ2) is 4.61. The molecule has 1 aromatic carbocycles. The van der Waals surface area contributed by atoms with Crippen LogP contribution in [-0.4, -0.2) is 19.4 Å². The monoisotopic (exact) mass is 189 g/mol. The Balaban J connectivity index is 3.06. The maximum atomic E-state index is 11.3. The van der Waals surface area contributed by atoms with E-state index in [2.05, 4.69) is 6.58 Å². The quantitative estimate of drug-likeness (QED) is 0.536. The summed E-state index contributed by atoms with van der Waals surface area (Å²) in [5, 5.41) is 0. The number of rotatable bonds is 4. The summed E-state index contributed by atoms with van der Waals surface area (Å²) in [6, 6.07) is 7.60. The van der Waals surface area contributed by atoms with Crippen LogP contribution in [0.25, 0.3) is 0 Å². The van der Waals surface area contributed by atoms with Crippen LogP contribution in [0.1, 0.15) is 17.3 Å².